The molecule has 0 bridgehead atoms. The van der Waals surface area contributed by atoms with E-state index < -0.39 is 29.0 Å². The number of nitrogens with one attached hydrogen (secondary N) is 2. The number of hydrogen-bond acceptors (Lipinski definition) is 6. The summed E-state index contributed by atoms with van der Waals surface area (Å²) in [6.07, 6.45) is 1.16. The SMILES string of the molecule is CC(N)C(=O)NC(C)C(=O)N1CCCC1C(=O)Nc1ccc([N+](=O)[O-])cc1. The quantitative estimate of drug-likeness (QED) is 0.482. The summed E-state index contributed by atoms with van der Waals surface area (Å²) in [6, 6.07) is 3.25. The number of likely N-dealkylation sites (tertiary alicyclic amines) is 1. The molecule has 1 heterocycles. The summed E-state index contributed by atoms with van der Waals surface area (Å²) in [5.74, 6) is -1.17. The Morgan fingerprint density at radius 1 is 1.26 bits per heavy atom. The van der Waals surface area contributed by atoms with E-state index in [1.54, 1.807) is 6.92 Å². The number of amides is 3. The molecule has 1 aliphatic heterocycles. The van der Waals surface area contributed by atoms with Gasteiger partial charge in [-0.3, -0.25) is 24.5 Å². The maximum absolute atomic E-state index is 12.6. The second-order valence-corrected chi connectivity index (χ2v) is 6.50. The van der Waals surface area contributed by atoms with E-state index >= 15 is 0 Å². The summed E-state index contributed by atoms with van der Waals surface area (Å²) >= 11 is 0. The third kappa shape index (κ3) is 5.00. The largest absolute Gasteiger partial charge is 0.343 e. The minimum Gasteiger partial charge on any atom is -0.343 e. The maximum atomic E-state index is 12.6. The minimum atomic E-state index is -0.795. The molecule has 1 aromatic rings. The molecule has 1 fully saturated rings. The fraction of sp³-hybridized carbons (Fsp3) is 0.471. The summed E-state index contributed by atoms with van der Waals surface area (Å²) < 4.78 is 0. The molecule has 27 heavy (non-hydrogen) atoms. The van der Waals surface area contributed by atoms with Gasteiger partial charge in [-0.2, -0.15) is 0 Å². The van der Waals surface area contributed by atoms with Crippen molar-refractivity contribution in [2.24, 2.45) is 5.73 Å². The molecular formula is C17H23N5O5. The number of carbonyl (C=O) groups excluding carboxylic acids is 3. The van der Waals surface area contributed by atoms with E-state index in [2.05, 4.69) is 10.6 Å². The van der Waals surface area contributed by atoms with Crippen molar-refractivity contribution in [3.63, 3.8) is 0 Å². The van der Waals surface area contributed by atoms with Gasteiger partial charge in [-0.25, -0.2) is 0 Å². The smallest absolute Gasteiger partial charge is 0.269 e. The average Bonchev–Trinajstić information content (AvgIpc) is 3.11. The van der Waals surface area contributed by atoms with Crippen molar-refractivity contribution < 1.29 is 19.3 Å². The van der Waals surface area contributed by atoms with E-state index in [1.807, 2.05) is 0 Å². The first-order chi connectivity index (χ1) is 12.7. The Morgan fingerprint density at radius 2 is 1.89 bits per heavy atom. The molecule has 3 unspecified atom stereocenters. The molecule has 0 spiro atoms. The van der Waals surface area contributed by atoms with Crippen LogP contribution in [-0.4, -0.2) is 52.2 Å². The molecule has 1 saturated heterocycles. The van der Waals surface area contributed by atoms with Crippen molar-refractivity contribution in [2.75, 3.05) is 11.9 Å². The first-order valence-corrected chi connectivity index (χ1v) is 8.62. The van der Waals surface area contributed by atoms with Gasteiger partial charge in [0.25, 0.3) is 5.69 Å². The zero-order valence-electron chi connectivity index (χ0n) is 15.2. The highest BCUT2D eigenvalue weighted by Crippen LogP contribution is 2.21. The zero-order chi connectivity index (χ0) is 20.1. The highest BCUT2D eigenvalue weighted by molar-refractivity contribution is 5.99. The van der Waals surface area contributed by atoms with E-state index in [0.29, 0.717) is 25.1 Å². The first kappa shape index (κ1) is 20.3. The van der Waals surface area contributed by atoms with Gasteiger partial charge in [0.2, 0.25) is 17.7 Å². The fourth-order valence-electron chi connectivity index (χ4n) is 2.85. The Kier molecular flexibility index (Phi) is 6.45. The van der Waals surface area contributed by atoms with Crippen molar-refractivity contribution in [1.82, 2.24) is 10.2 Å². The third-order valence-corrected chi connectivity index (χ3v) is 4.33. The third-order valence-electron chi connectivity index (χ3n) is 4.33. The molecule has 0 saturated carbocycles. The van der Waals surface area contributed by atoms with Crippen LogP contribution in [0.2, 0.25) is 0 Å². The van der Waals surface area contributed by atoms with Crippen molar-refractivity contribution >= 4 is 29.1 Å². The molecule has 2 rings (SSSR count). The lowest BCUT2D eigenvalue weighted by molar-refractivity contribution is -0.384. The molecule has 0 radical (unpaired) electrons. The number of carbonyl (C=O) groups is 3. The number of nitrogens with two attached hydrogens (primary N) is 1. The number of nitro benzene ring substituents is 1. The summed E-state index contributed by atoms with van der Waals surface area (Å²) in [4.78, 5) is 48.4. The Labute approximate surface area is 156 Å². The van der Waals surface area contributed by atoms with Crippen LogP contribution in [0.5, 0.6) is 0 Å². The van der Waals surface area contributed by atoms with Crippen LogP contribution in [-0.2, 0) is 14.4 Å². The maximum Gasteiger partial charge on any atom is 0.269 e. The standard InChI is InChI=1S/C17H23N5O5/c1-10(18)15(23)19-11(2)17(25)21-9-3-4-14(21)16(24)20-12-5-7-13(8-6-12)22(26)27/h5-8,10-11,14H,3-4,9,18H2,1-2H3,(H,19,23)(H,20,24). The van der Waals surface area contributed by atoms with Crippen molar-refractivity contribution in [2.45, 2.75) is 44.8 Å². The van der Waals surface area contributed by atoms with Gasteiger partial charge in [-0.15, -0.1) is 0 Å². The number of nitro groups is 1. The number of rotatable bonds is 6. The summed E-state index contributed by atoms with van der Waals surface area (Å²) in [5, 5.41) is 15.9. The second-order valence-electron chi connectivity index (χ2n) is 6.50. The van der Waals surface area contributed by atoms with Gasteiger partial charge in [-0.1, -0.05) is 0 Å². The van der Waals surface area contributed by atoms with Gasteiger partial charge in [0.15, 0.2) is 0 Å². The van der Waals surface area contributed by atoms with E-state index in [-0.39, 0.29) is 17.5 Å². The predicted molar refractivity (Wildman–Crippen MR) is 97.7 cm³/mol. The predicted octanol–water partition coefficient (Wildman–Crippen LogP) is 0.376. The molecule has 0 aromatic heterocycles. The summed E-state index contributed by atoms with van der Waals surface area (Å²) in [5.41, 5.74) is 5.81. The number of nitrogens with zero attached hydrogens (tertiary/aromatic N) is 2. The molecular weight excluding hydrogens is 354 g/mol. The second kappa shape index (κ2) is 8.58. The van der Waals surface area contributed by atoms with Crippen molar-refractivity contribution in [3.8, 4) is 0 Å². The summed E-state index contributed by atoms with van der Waals surface area (Å²) in [6.45, 7) is 3.48. The van der Waals surface area contributed by atoms with Crippen LogP contribution in [0.3, 0.4) is 0 Å². The van der Waals surface area contributed by atoms with E-state index in [1.165, 1.54) is 36.1 Å². The minimum absolute atomic E-state index is 0.0793. The number of anilines is 1. The monoisotopic (exact) mass is 377 g/mol. The Balaban J connectivity index is 2.01. The molecule has 3 atom stereocenters. The molecule has 10 heteroatoms. The van der Waals surface area contributed by atoms with Gasteiger partial charge < -0.3 is 21.3 Å². The molecule has 3 amide bonds. The van der Waals surface area contributed by atoms with Crippen LogP contribution in [0, 0.1) is 10.1 Å². The van der Waals surface area contributed by atoms with Crippen LogP contribution in [0.25, 0.3) is 0 Å². The summed E-state index contributed by atoms with van der Waals surface area (Å²) in [7, 11) is 0. The average molecular weight is 377 g/mol. The Bertz CT molecular complexity index is 734. The van der Waals surface area contributed by atoms with Crippen LogP contribution in [0.4, 0.5) is 11.4 Å². The molecule has 1 aromatic carbocycles. The normalized spacial score (nSPS) is 18.5. The molecule has 10 nitrogen and oxygen atoms in total. The zero-order valence-corrected chi connectivity index (χ0v) is 15.2. The van der Waals surface area contributed by atoms with Crippen molar-refractivity contribution in [1.29, 1.82) is 0 Å². The van der Waals surface area contributed by atoms with Crippen molar-refractivity contribution in [3.05, 3.63) is 34.4 Å². The van der Waals surface area contributed by atoms with E-state index in [9.17, 15) is 24.5 Å². The van der Waals surface area contributed by atoms with Gasteiger partial charge in [0.05, 0.1) is 11.0 Å². The van der Waals surface area contributed by atoms with Gasteiger partial charge >= 0.3 is 0 Å². The lowest BCUT2D eigenvalue weighted by Gasteiger charge is -2.27. The lowest BCUT2D eigenvalue weighted by atomic mass is 10.1. The van der Waals surface area contributed by atoms with Crippen LogP contribution in [0.15, 0.2) is 24.3 Å². The van der Waals surface area contributed by atoms with Gasteiger partial charge in [0, 0.05) is 24.4 Å². The molecule has 1 aliphatic rings. The molecule has 0 aliphatic carbocycles. The van der Waals surface area contributed by atoms with Gasteiger partial charge in [-0.05, 0) is 38.8 Å². The lowest BCUT2D eigenvalue weighted by Crippen LogP contribution is -2.53. The highest BCUT2D eigenvalue weighted by atomic mass is 16.6. The molecule has 4 N–H and O–H groups in total. The van der Waals surface area contributed by atoms with Crippen LogP contribution in [0.1, 0.15) is 26.7 Å². The number of hydrogen-bond donors (Lipinski definition) is 3. The Hall–Kier alpha value is -3.01. The van der Waals surface area contributed by atoms with Crippen LogP contribution < -0.4 is 16.4 Å². The van der Waals surface area contributed by atoms with Gasteiger partial charge in [0.1, 0.15) is 12.1 Å². The fourth-order valence-corrected chi connectivity index (χ4v) is 2.85. The van der Waals surface area contributed by atoms with Crippen LogP contribution >= 0.6 is 0 Å². The first-order valence-electron chi connectivity index (χ1n) is 8.62. The highest BCUT2D eigenvalue weighted by Gasteiger charge is 2.36. The number of non-ortho nitro benzene ring substituents is 1. The topological polar surface area (TPSA) is 148 Å². The number of benzene rings is 1. The van der Waals surface area contributed by atoms with E-state index in [0.717, 1.165) is 0 Å². The van der Waals surface area contributed by atoms with E-state index in [4.69, 9.17) is 5.73 Å². The Morgan fingerprint density at radius 3 is 2.44 bits per heavy atom. The molecule has 146 valence electrons.